The van der Waals surface area contributed by atoms with Gasteiger partial charge in [-0.25, -0.2) is 8.78 Å². The molecule has 2 aromatic rings. The van der Waals surface area contributed by atoms with Crippen LogP contribution in [-0.4, -0.2) is 7.05 Å². The van der Waals surface area contributed by atoms with Gasteiger partial charge in [-0.05, 0) is 58.4 Å². The molecule has 0 amide bonds. The van der Waals surface area contributed by atoms with Gasteiger partial charge in [-0.2, -0.15) is 5.26 Å². The van der Waals surface area contributed by atoms with Gasteiger partial charge in [0.1, 0.15) is 11.8 Å². The van der Waals surface area contributed by atoms with E-state index in [1.807, 2.05) is 25.1 Å². The van der Waals surface area contributed by atoms with E-state index in [1.54, 1.807) is 13.1 Å². The third kappa shape index (κ3) is 3.18. The molecule has 0 fully saturated rings. The molecule has 1 N–H and O–H groups in total. The molecule has 3 rings (SSSR count). The molecule has 0 bridgehead atoms. The lowest BCUT2D eigenvalue weighted by Gasteiger charge is -2.09. The van der Waals surface area contributed by atoms with Gasteiger partial charge < -0.3 is 5.32 Å². The van der Waals surface area contributed by atoms with Gasteiger partial charge in [0.05, 0.1) is 0 Å². The molecule has 1 aliphatic rings. The van der Waals surface area contributed by atoms with Crippen molar-refractivity contribution in [2.75, 3.05) is 7.05 Å². The second-order valence-electron chi connectivity index (χ2n) is 5.96. The monoisotopic (exact) mass is 336 g/mol. The number of allylic oxidation sites excluding steroid dienone is 3. The normalized spacial score (nSPS) is 13.6. The van der Waals surface area contributed by atoms with Crippen LogP contribution in [0.2, 0.25) is 0 Å². The van der Waals surface area contributed by atoms with Crippen molar-refractivity contribution in [1.29, 1.82) is 5.26 Å². The maximum atomic E-state index is 13.5. The van der Waals surface area contributed by atoms with Crippen molar-refractivity contribution in [2.24, 2.45) is 0 Å². The van der Waals surface area contributed by atoms with E-state index in [2.05, 4.69) is 17.5 Å². The largest absolute Gasteiger partial charge is 0.379 e. The molecule has 25 heavy (non-hydrogen) atoms. The Hall–Kier alpha value is -2.93. The molecule has 4 heteroatoms. The van der Waals surface area contributed by atoms with Gasteiger partial charge in [-0.1, -0.05) is 37.3 Å². The zero-order valence-corrected chi connectivity index (χ0v) is 14.2. The molecule has 126 valence electrons. The minimum atomic E-state index is -0.847. The van der Waals surface area contributed by atoms with E-state index in [-0.39, 0.29) is 0 Å². The quantitative estimate of drug-likeness (QED) is 0.800. The number of nitriles is 1. The first kappa shape index (κ1) is 16.9. The Morgan fingerprint density at radius 2 is 1.84 bits per heavy atom. The van der Waals surface area contributed by atoms with Gasteiger partial charge in [0.15, 0.2) is 11.6 Å². The standard InChI is InChI=1S/C21H18F2N2/c1-3-18(21(12-24)25-2)17-9-14-5-4-13(8-16(14)10-17)15-6-7-19(22)20(23)11-15/h4-9,11,25H,3,10H2,1-2H3/b21-18+. The van der Waals surface area contributed by atoms with Crippen molar-refractivity contribution in [3.05, 3.63) is 76.0 Å². The molecule has 0 saturated carbocycles. The Labute approximate surface area is 146 Å². The average molecular weight is 336 g/mol. The lowest BCUT2D eigenvalue weighted by molar-refractivity contribution is 0.509. The highest BCUT2D eigenvalue weighted by atomic mass is 19.2. The summed E-state index contributed by atoms with van der Waals surface area (Å²) in [7, 11) is 1.75. The van der Waals surface area contributed by atoms with E-state index in [4.69, 9.17) is 0 Å². The van der Waals surface area contributed by atoms with Crippen LogP contribution in [-0.2, 0) is 6.42 Å². The van der Waals surface area contributed by atoms with Crippen LogP contribution < -0.4 is 5.32 Å². The van der Waals surface area contributed by atoms with Gasteiger partial charge >= 0.3 is 0 Å². The number of hydrogen-bond donors (Lipinski definition) is 1. The first-order chi connectivity index (χ1) is 12.1. The molecule has 0 saturated heterocycles. The van der Waals surface area contributed by atoms with E-state index in [0.29, 0.717) is 11.3 Å². The van der Waals surface area contributed by atoms with Crippen molar-refractivity contribution in [3.8, 4) is 17.2 Å². The average Bonchev–Trinajstić information content (AvgIpc) is 3.04. The number of rotatable bonds is 4. The SMILES string of the molecule is CC/C(C1=Cc2ccc(-c3ccc(F)c(F)c3)cc2C1)=C(/C#N)NC. The van der Waals surface area contributed by atoms with Crippen LogP contribution >= 0.6 is 0 Å². The van der Waals surface area contributed by atoms with Crippen molar-refractivity contribution in [2.45, 2.75) is 19.8 Å². The molecule has 0 unspecified atom stereocenters. The molecule has 2 aromatic carbocycles. The third-order valence-electron chi connectivity index (χ3n) is 4.51. The van der Waals surface area contributed by atoms with Crippen LogP contribution in [0.4, 0.5) is 8.78 Å². The summed E-state index contributed by atoms with van der Waals surface area (Å²) in [5.41, 5.74) is 6.43. The molecular formula is C21H18F2N2. The highest BCUT2D eigenvalue weighted by molar-refractivity contribution is 5.74. The summed E-state index contributed by atoms with van der Waals surface area (Å²) in [6.07, 6.45) is 3.58. The fraction of sp³-hybridized carbons (Fsp3) is 0.190. The van der Waals surface area contributed by atoms with Crippen LogP contribution in [0.5, 0.6) is 0 Å². The van der Waals surface area contributed by atoms with Crippen molar-refractivity contribution in [3.63, 3.8) is 0 Å². The highest BCUT2D eigenvalue weighted by Gasteiger charge is 2.18. The van der Waals surface area contributed by atoms with Crippen LogP contribution in [0, 0.1) is 23.0 Å². The Morgan fingerprint density at radius 3 is 2.48 bits per heavy atom. The van der Waals surface area contributed by atoms with Gasteiger partial charge in [0, 0.05) is 7.05 Å². The van der Waals surface area contributed by atoms with Crippen LogP contribution in [0.15, 0.2) is 53.2 Å². The number of fused-ring (bicyclic) bond motifs is 1. The fourth-order valence-electron chi connectivity index (χ4n) is 3.23. The van der Waals surface area contributed by atoms with E-state index in [1.165, 1.54) is 6.07 Å². The number of benzene rings is 2. The fourth-order valence-corrected chi connectivity index (χ4v) is 3.23. The van der Waals surface area contributed by atoms with Crippen molar-refractivity contribution < 1.29 is 8.78 Å². The second kappa shape index (κ2) is 6.90. The molecule has 0 aromatic heterocycles. The Balaban J connectivity index is 1.95. The smallest absolute Gasteiger partial charge is 0.159 e. The topological polar surface area (TPSA) is 35.8 Å². The Bertz CT molecular complexity index is 933. The molecule has 0 radical (unpaired) electrons. The van der Waals surface area contributed by atoms with Crippen LogP contribution in [0.25, 0.3) is 17.2 Å². The lowest BCUT2D eigenvalue weighted by atomic mass is 9.97. The third-order valence-corrected chi connectivity index (χ3v) is 4.51. The van der Waals surface area contributed by atoms with E-state index >= 15 is 0 Å². The number of nitrogens with zero attached hydrogens (tertiary/aromatic N) is 1. The maximum Gasteiger partial charge on any atom is 0.159 e. The molecule has 1 aliphatic carbocycles. The van der Waals surface area contributed by atoms with Gasteiger partial charge in [-0.3, -0.25) is 0 Å². The van der Waals surface area contributed by atoms with Crippen molar-refractivity contribution in [1.82, 2.24) is 5.32 Å². The molecule has 0 heterocycles. The summed E-state index contributed by atoms with van der Waals surface area (Å²) in [4.78, 5) is 0. The maximum absolute atomic E-state index is 13.5. The van der Waals surface area contributed by atoms with Crippen molar-refractivity contribution >= 4 is 6.08 Å². The molecular weight excluding hydrogens is 318 g/mol. The number of nitrogens with one attached hydrogen (secondary N) is 1. The molecule has 2 nitrogen and oxygen atoms in total. The lowest BCUT2D eigenvalue weighted by Crippen LogP contribution is -2.08. The van der Waals surface area contributed by atoms with E-state index in [9.17, 15) is 14.0 Å². The number of halogens is 2. The van der Waals surface area contributed by atoms with Crippen LogP contribution in [0.3, 0.4) is 0 Å². The summed E-state index contributed by atoms with van der Waals surface area (Å²) in [5.74, 6) is -1.69. The van der Waals surface area contributed by atoms with Gasteiger partial charge in [0.2, 0.25) is 0 Å². The summed E-state index contributed by atoms with van der Waals surface area (Å²) < 4.78 is 26.6. The minimum absolute atomic E-state index is 0.586. The van der Waals surface area contributed by atoms with E-state index < -0.39 is 11.6 Å². The van der Waals surface area contributed by atoms with Gasteiger partial charge in [0.25, 0.3) is 0 Å². The molecule has 0 aliphatic heterocycles. The molecule has 0 atom stereocenters. The predicted octanol–water partition coefficient (Wildman–Crippen LogP) is 4.98. The van der Waals surface area contributed by atoms with Crippen LogP contribution in [0.1, 0.15) is 24.5 Å². The highest BCUT2D eigenvalue weighted by Crippen LogP contribution is 2.34. The summed E-state index contributed by atoms with van der Waals surface area (Å²) in [6.45, 7) is 2.03. The Kier molecular flexibility index (Phi) is 4.67. The second-order valence-corrected chi connectivity index (χ2v) is 5.96. The zero-order chi connectivity index (χ0) is 18.0. The molecule has 0 spiro atoms. The minimum Gasteiger partial charge on any atom is -0.379 e. The summed E-state index contributed by atoms with van der Waals surface area (Å²) in [5, 5.41) is 12.2. The van der Waals surface area contributed by atoms with Gasteiger partial charge in [-0.15, -0.1) is 0 Å². The number of hydrogen-bond acceptors (Lipinski definition) is 2. The Morgan fingerprint density at radius 1 is 1.12 bits per heavy atom. The first-order valence-corrected chi connectivity index (χ1v) is 8.17. The predicted molar refractivity (Wildman–Crippen MR) is 95.5 cm³/mol. The zero-order valence-electron chi connectivity index (χ0n) is 14.2. The first-order valence-electron chi connectivity index (χ1n) is 8.17. The van der Waals surface area contributed by atoms with E-state index in [0.717, 1.165) is 46.7 Å². The summed E-state index contributed by atoms with van der Waals surface area (Å²) in [6, 6.07) is 12.0. The summed E-state index contributed by atoms with van der Waals surface area (Å²) >= 11 is 0.